The van der Waals surface area contributed by atoms with Crippen molar-refractivity contribution in [2.24, 2.45) is 0 Å². The number of nitrogens with one attached hydrogen (secondary N) is 2. The molecule has 0 heterocycles. The van der Waals surface area contributed by atoms with E-state index in [-0.39, 0.29) is 12.1 Å². The van der Waals surface area contributed by atoms with Crippen LogP contribution in [0.4, 0.5) is 10.5 Å². The molecule has 0 spiro atoms. The summed E-state index contributed by atoms with van der Waals surface area (Å²) in [6, 6.07) is 7.51. The molecule has 2 amide bonds. The highest BCUT2D eigenvalue weighted by atomic mass is 32.2. The molecule has 1 aromatic rings. The van der Waals surface area contributed by atoms with Gasteiger partial charge in [-0.2, -0.15) is 11.8 Å². The molecular formula is C15H22N2O2S. The van der Waals surface area contributed by atoms with Gasteiger partial charge in [0.2, 0.25) is 0 Å². The van der Waals surface area contributed by atoms with Crippen molar-refractivity contribution in [1.29, 1.82) is 0 Å². The number of carbonyl (C=O) groups is 1. The van der Waals surface area contributed by atoms with Crippen LogP contribution in [0.1, 0.15) is 37.0 Å². The van der Waals surface area contributed by atoms with Gasteiger partial charge in [-0.1, -0.05) is 12.1 Å². The monoisotopic (exact) mass is 294 g/mol. The minimum atomic E-state index is -0.413. The average Bonchev–Trinajstić information content (AvgIpc) is 2.83. The van der Waals surface area contributed by atoms with Crippen molar-refractivity contribution in [3.8, 4) is 0 Å². The standard InChI is InChI=1S/C15H22N2O2S/c1-10(20-2)11-5-3-6-12(9-11)16-15(19)17-13-7-4-8-14(13)18/h3,5-6,9-10,13-14,18H,4,7-8H2,1-2H3,(H2,16,17,19)/t10-,13-,14+/m1/s1. The summed E-state index contributed by atoms with van der Waals surface area (Å²) in [7, 11) is 0. The number of carbonyl (C=O) groups excluding carboxylic acids is 1. The van der Waals surface area contributed by atoms with Gasteiger partial charge < -0.3 is 15.7 Å². The van der Waals surface area contributed by atoms with Crippen LogP contribution in [-0.4, -0.2) is 29.5 Å². The van der Waals surface area contributed by atoms with Gasteiger partial charge in [-0.05, 0) is 50.1 Å². The fraction of sp³-hybridized carbons (Fsp3) is 0.533. The maximum absolute atomic E-state index is 11.9. The minimum Gasteiger partial charge on any atom is -0.391 e. The number of rotatable bonds is 4. The van der Waals surface area contributed by atoms with E-state index in [0.717, 1.165) is 24.9 Å². The van der Waals surface area contributed by atoms with Crippen molar-refractivity contribution < 1.29 is 9.90 Å². The van der Waals surface area contributed by atoms with Crippen LogP contribution in [0, 0.1) is 0 Å². The SMILES string of the molecule is CS[C@H](C)c1cccc(NC(=O)N[C@@H]2CCC[C@@H]2O)c1. The van der Waals surface area contributed by atoms with Gasteiger partial charge in [-0.15, -0.1) is 0 Å². The molecule has 5 heteroatoms. The minimum absolute atomic E-state index is 0.122. The van der Waals surface area contributed by atoms with Crippen LogP contribution >= 0.6 is 11.8 Å². The Hall–Kier alpha value is -1.20. The summed E-state index contributed by atoms with van der Waals surface area (Å²) in [5.74, 6) is 0. The molecule has 3 N–H and O–H groups in total. The molecule has 0 aliphatic heterocycles. The van der Waals surface area contributed by atoms with E-state index in [1.165, 1.54) is 5.56 Å². The number of urea groups is 1. The molecule has 0 aromatic heterocycles. The summed E-state index contributed by atoms with van der Waals surface area (Å²) >= 11 is 1.77. The van der Waals surface area contributed by atoms with E-state index in [9.17, 15) is 9.90 Å². The zero-order chi connectivity index (χ0) is 14.5. The fourth-order valence-corrected chi connectivity index (χ4v) is 2.87. The Labute approximate surface area is 124 Å². The Kier molecular flexibility index (Phi) is 5.31. The summed E-state index contributed by atoms with van der Waals surface area (Å²) in [5.41, 5.74) is 1.98. The first kappa shape index (κ1) is 15.2. The molecule has 1 saturated carbocycles. The molecule has 1 aliphatic rings. The smallest absolute Gasteiger partial charge is 0.319 e. The Morgan fingerprint density at radius 2 is 2.25 bits per heavy atom. The van der Waals surface area contributed by atoms with Crippen molar-refractivity contribution in [3.63, 3.8) is 0 Å². The highest BCUT2D eigenvalue weighted by Crippen LogP contribution is 2.27. The van der Waals surface area contributed by atoms with Crippen molar-refractivity contribution in [3.05, 3.63) is 29.8 Å². The predicted octanol–water partition coefficient (Wildman–Crippen LogP) is 3.15. The molecule has 0 bridgehead atoms. The third kappa shape index (κ3) is 3.90. The lowest BCUT2D eigenvalue weighted by Gasteiger charge is -2.17. The number of aliphatic hydroxyl groups excluding tert-OH is 1. The maximum atomic E-state index is 11.9. The van der Waals surface area contributed by atoms with Crippen LogP contribution in [0.25, 0.3) is 0 Å². The number of anilines is 1. The van der Waals surface area contributed by atoms with Crippen LogP contribution < -0.4 is 10.6 Å². The largest absolute Gasteiger partial charge is 0.391 e. The molecule has 0 radical (unpaired) electrons. The van der Waals surface area contributed by atoms with E-state index >= 15 is 0 Å². The first-order chi connectivity index (χ1) is 9.60. The second-order valence-electron chi connectivity index (χ2n) is 5.21. The highest BCUT2D eigenvalue weighted by Gasteiger charge is 2.26. The van der Waals surface area contributed by atoms with E-state index in [2.05, 4.69) is 29.9 Å². The van der Waals surface area contributed by atoms with Gasteiger partial charge in [0, 0.05) is 10.9 Å². The molecule has 1 aliphatic carbocycles. The van der Waals surface area contributed by atoms with Crippen LogP contribution in [0.3, 0.4) is 0 Å². The summed E-state index contributed by atoms with van der Waals surface area (Å²) in [6.07, 6.45) is 4.24. The van der Waals surface area contributed by atoms with E-state index in [4.69, 9.17) is 0 Å². The summed E-state index contributed by atoms with van der Waals surface area (Å²) < 4.78 is 0. The van der Waals surface area contributed by atoms with E-state index in [1.54, 1.807) is 11.8 Å². The summed E-state index contributed by atoms with van der Waals surface area (Å²) in [5, 5.41) is 15.8. The fourth-order valence-electron chi connectivity index (χ4n) is 2.45. The Bertz CT molecular complexity index is 467. The zero-order valence-electron chi connectivity index (χ0n) is 11.9. The Morgan fingerprint density at radius 3 is 2.90 bits per heavy atom. The van der Waals surface area contributed by atoms with E-state index in [1.807, 2.05) is 18.2 Å². The molecular weight excluding hydrogens is 272 g/mol. The molecule has 4 nitrogen and oxygen atoms in total. The van der Waals surface area contributed by atoms with Gasteiger partial charge in [-0.25, -0.2) is 4.79 Å². The van der Waals surface area contributed by atoms with Crippen LogP contribution in [0.2, 0.25) is 0 Å². The number of thioether (sulfide) groups is 1. The molecule has 0 unspecified atom stereocenters. The number of aliphatic hydroxyl groups is 1. The van der Waals surface area contributed by atoms with Crippen molar-refractivity contribution >= 4 is 23.5 Å². The van der Waals surface area contributed by atoms with Gasteiger partial charge in [0.15, 0.2) is 0 Å². The molecule has 3 atom stereocenters. The molecule has 1 aromatic carbocycles. The third-order valence-electron chi connectivity index (χ3n) is 3.76. The molecule has 1 fully saturated rings. The number of hydrogen-bond donors (Lipinski definition) is 3. The molecule has 0 saturated heterocycles. The number of benzene rings is 1. The van der Waals surface area contributed by atoms with Crippen molar-refractivity contribution in [1.82, 2.24) is 5.32 Å². The van der Waals surface area contributed by atoms with Gasteiger partial charge in [0.25, 0.3) is 0 Å². The zero-order valence-corrected chi connectivity index (χ0v) is 12.7. The molecule has 2 rings (SSSR count). The van der Waals surface area contributed by atoms with Gasteiger partial charge in [-0.3, -0.25) is 0 Å². The van der Waals surface area contributed by atoms with Crippen molar-refractivity contribution in [2.45, 2.75) is 43.6 Å². The van der Waals surface area contributed by atoms with Gasteiger partial charge in [0.1, 0.15) is 0 Å². The number of hydrogen-bond acceptors (Lipinski definition) is 3. The van der Waals surface area contributed by atoms with Crippen molar-refractivity contribution in [2.75, 3.05) is 11.6 Å². The highest BCUT2D eigenvalue weighted by molar-refractivity contribution is 7.98. The Balaban J connectivity index is 1.93. The predicted molar refractivity (Wildman–Crippen MR) is 84.2 cm³/mol. The molecule has 110 valence electrons. The first-order valence-electron chi connectivity index (χ1n) is 6.98. The third-order valence-corrected chi connectivity index (χ3v) is 4.74. The van der Waals surface area contributed by atoms with Gasteiger partial charge >= 0.3 is 6.03 Å². The lowest BCUT2D eigenvalue weighted by atomic mass is 10.1. The second-order valence-corrected chi connectivity index (χ2v) is 6.39. The maximum Gasteiger partial charge on any atom is 0.319 e. The summed E-state index contributed by atoms with van der Waals surface area (Å²) in [6.45, 7) is 2.14. The first-order valence-corrected chi connectivity index (χ1v) is 8.27. The van der Waals surface area contributed by atoms with Crippen LogP contribution in [0.15, 0.2) is 24.3 Å². The normalized spacial score (nSPS) is 23.4. The lowest BCUT2D eigenvalue weighted by Crippen LogP contribution is -2.42. The summed E-state index contributed by atoms with van der Waals surface area (Å²) in [4.78, 5) is 11.9. The van der Waals surface area contributed by atoms with Crippen LogP contribution in [0.5, 0.6) is 0 Å². The van der Waals surface area contributed by atoms with Crippen LogP contribution in [-0.2, 0) is 0 Å². The quantitative estimate of drug-likeness (QED) is 0.799. The second kappa shape index (κ2) is 6.99. The lowest BCUT2D eigenvalue weighted by molar-refractivity contribution is 0.151. The Morgan fingerprint density at radius 1 is 1.45 bits per heavy atom. The topological polar surface area (TPSA) is 61.4 Å². The average molecular weight is 294 g/mol. The van der Waals surface area contributed by atoms with Gasteiger partial charge in [0.05, 0.1) is 12.1 Å². The molecule has 20 heavy (non-hydrogen) atoms. The van der Waals surface area contributed by atoms with E-state index in [0.29, 0.717) is 5.25 Å². The van der Waals surface area contributed by atoms with E-state index < -0.39 is 6.10 Å². The number of amides is 2.